The molecule has 0 aliphatic heterocycles. The molecule has 0 spiro atoms. The Hall–Kier alpha value is -1.28. The first-order valence-electron chi connectivity index (χ1n) is 4.98. The lowest BCUT2D eigenvalue weighted by atomic mass is 10.4. The number of nitrogens with one attached hydrogen (secondary N) is 2. The number of aryl methyl sites for hydroxylation is 2. The van der Waals surface area contributed by atoms with Crippen LogP contribution < -0.4 is 15.2 Å². The van der Waals surface area contributed by atoms with E-state index in [1.165, 1.54) is 4.68 Å². The molecular formula is C8H15N5O2S. The Morgan fingerprint density at radius 1 is 1.50 bits per heavy atom. The summed E-state index contributed by atoms with van der Waals surface area (Å²) >= 11 is 0. The van der Waals surface area contributed by atoms with Gasteiger partial charge in [-0.2, -0.15) is 18.2 Å². The predicted octanol–water partition coefficient (Wildman–Crippen LogP) is -0.281. The van der Waals surface area contributed by atoms with Crippen LogP contribution in [0.4, 0.5) is 11.5 Å². The molecule has 1 aliphatic carbocycles. The van der Waals surface area contributed by atoms with Gasteiger partial charge in [0.05, 0.1) is 11.4 Å². The second kappa shape index (κ2) is 3.63. The summed E-state index contributed by atoms with van der Waals surface area (Å²) in [5, 5.41) is 4.03. The average molecular weight is 245 g/mol. The highest BCUT2D eigenvalue weighted by molar-refractivity contribution is 7.90. The lowest BCUT2D eigenvalue weighted by Crippen LogP contribution is -2.32. The van der Waals surface area contributed by atoms with Crippen molar-refractivity contribution in [2.24, 2.45) is 7.05 Å². The van der Waals surface area contributed by atoms with E-state index >= 15 is 0 Å². The molecule has 1 aromatic rings. The minimum atomic E-state index is -3.54. The second-order valence-electron chi connectivity index (χ2n) is 3.97. The molecule has 0 bridgehead atoms. The van der Waals surface area contributed by atoms with Crippen molar-refractivity contribution in [1.82, 2.24) is 14.5 Å². The number of rotatable bonds is 4. The van der Waals surface area contributed by atoms with Crippen LogP contribution in [0.2, 0.25) is 0 Å². The third-order valence-corrected chi connectivity index (χ3v) is 3.50. The van der Waals surface area contributed by atoms with Gasteiger partial charge in [-0.25, -0.2) is 4.68 Å². The molecule has 0 saturated heterocycles. The standard InChI is InChI=1S/C8H15N5O2S/c1-5-7(9)8(13(2)10-5)12-16(14,15)11-6-3-4-6/h6,11-12H,3-4,9H2,1-2H3. The molecule has 0 amide bonds. The molecule has 0 radical (unpaired) electrons. The molecule has 1 aromatic heterocycles. The van der Waals surface area contributed by atoms with Gasteiger partial charge in [-0.1, -0.05) is 0 Å². The molecule has 4 N–H and O–H groups in total. The zero-order chi connectivity index (χ0) is 11.9. The van der Waals surface area contributed by atoms with Gasteiger partial charge in [-0.05, 0) is 19.8 Å². The van der Waals surface area contributed by atoms with E-state index in [1.54, 1.807) is 14.0 Å². The van der Waals surface area contributed by atoms with Crippen molar-refractivity contribution in [2.45, 2.75) is 25.8 Å². The van der Waals surface area contributed by atoms with Crippen LogP contribution in [0.25, 0.3) is 0 Å². The number of aromatic nitrogens is 2. The van der Waals surface area contributed by atoms with Gasteiger partial charge in [0.15, 0.2) is 5.82 Å². The highest BCUT2D eigenvalue weighted by atomic mass is 32.2. The summed E-state index contributed by atoms with van der Waals surface area (Å²) in [6.45, 7) is 1.72. The van der Waals surface area contributed by atoms with Gasteiger partial charge in [-0.15, -0.1) is 0 Å². The summed E-state index contributed by atoms with van der Waals surface area (Å²) in [4.78, 5) is 0. The number of nitrogens with two attached hydrogens (primary N) is 1. The summed E-state index contributed by atoms with van der Waals surface area (Å²) in [6.07, 6.45) is 1.78. The van der Waals surface area contributed by atoms with E-state index in [2.05, 4.69) is 14.5 Å². The summed E-state index contributed by atoms with van der Waals surface area (Å²) in [5.41, 5.74) is 6.67. The summed E-state index contributed by atoms with van der Waals surface area (Å²) in [6, 6.07) is 0.0630. The third kappa shape index (κ3) is 2.27. The topological polar surface area (TPSA) is 102 Å². The minimum Gasteiger partial charge on any atom is -0.394 e. The van der Waals surface area contributed by atoms with E-state index in [0.29, 0.717) is 17.2 Å². The molecule has 0 atom stereocenters. The van der Waals surface area contributed by atoms with E-state index in [1.807, 2.05) is 0 Å². The van der Waals surface area contributed by atoms with Gasteiger partial charge < -0.3 is 5.73 Å². The van der Waals surface area contributed by atoms with Gasteiger partial charge in [0.1, 0.15) is 0 Å². The number of nitrogens with zero attached hydrogens (tertiary/aromatic N) is 2. The van der Waals surface area contributed by atoms with Crippen molar-refractivity contribution in [2.75, 3.05) is 10.5 Å². The highest BCUT2D eigenvalue weighted by Gasteiger charge is 2.28. The molecule has 1 fully saturated rings. The Labute approximate surface area is 94.2 Å². The van der Waals surface area contributed by atoms with Crippen molar-refractivity contribution < 1.29 is 8.42 Å². The smallest absolute Gasteiger partial charge is 0.300 e. The van der Waals surface area contributed by atoms with E-state index in [0.717, 1.165) is 12.8 Å². The number of hydrogen-bond donors (Lipinski definition) is 3. The van der Waals surface area contributed by atoms with E-state index < -0.39 is 10.2 Å². The molecule has 16 heavy (non-hydrogen) atoms. The molecule has 1 heterocycles. The molecule has 7 nitrogen and oxygen atoms in total. The molecule has 0 unspecified atom stereocenters. The molecule has 1 saturated carbocycles. The summed E-state index contributed by atoms with van der Waals surface area (Å²) < 4.78 is 29.6. The zero-order valence-corrected chi connectivity index (χ0v) is 10.0. The highest BCUT2D eigenvalue weighted by Crippen LogP contribution is 2.23. The van der Waals surface area contributed by atoms with E-state index in [-0.39, 0.29) is 6.04 Å². The maximum absolute atomic E-state index is 11.6. The summed E-state index contributed by atoms with van der Waals surface area (Å²) in [5.74, 6) is 0.297. The van der Waals surface area contributed by atoms with Crippen LogP contribution in [0.15, 0.2) is 0 Å². The van der Waals surface area contributed by atoms with Gasteiger partial charge in [0.25, 0.3) is 0 Å². The predicted molar refractivity (Wildman–Crippen MR) is 61.1 cm³/mol. The van der Waals surface area contributed by atoms with Gasteiger partial charge >= 0.3 is 10.2 Å². The molecular weight excluding hydrogens is 230 g/mol. The Bertz CT molecular complexity index is 503. The van der Waals surface area contributed by atoms with Crippen molar-refractivity contribution >= 4 is 21.7 Å². The van der Waals surface area contributed by atoms with Gasteiger partial charge in [-0.3, -0.25) is 4.72 Å². The Kier molecular flexibility index (Phi) is 2.55. The van der Waals surface area contributed by atoms with Gasteiger partial charge in [0.2, 0.25) is 0 Å². The quantitative estimate of drug-likeness (QED) is 0.679. The van der Waals surface area contributed by atoms with Crippen LogP contribution in [0.5, 0.6) is 0 Å². The van der Waals surface area contributed by atoms with Crippen molar-refractivity contribution in [3.05, 3.63) is 5.69 Å². The van der Waals surface area contributed by atoms with Crippen LogP contribution in [0, 0.1) is 6.92 Å². The Morgan fingerprint density at radius 2 is 2.12 bits per heavy atom. The maximum atomic E-state index is 11.6. The van der Waals surface area contributed by atoms with E-state index in [9.17, 15) is 8.42 Å². The minimum absolute atomic E-state index is 0.0630. The average Bonchev–Trinajstić information content (AvgIpc) is 2.91. The number of anilines is 2. The monoisotopic (exact) mass is 245 g/mol. The number of hydrogen-bond acceptors (Lipinski definition) is 4. The molecule has 90 valence electrons. The van der Waals surface area contributed by atoms with Crippen LogP contribution in [0.1, 0.15) is 18.5 Å². The zero-order valence-electron chi connectivity index (χ0n) is 9.19. The molecule has 1 aliphatic rings. The molecule has 0 aromatic carbocycles. The first kappa shape index (κ1) is 11.2. The van der Waals surface area contributed by atoms with Crippen molar-refractivity contribution in [1.29, 1.82) is 0 Å². The molecule has 8 heteroatoms. The largest absolute Gasteiger partial charge is 0.394 e. The lowest BCUT2D eigenvalue weighted by molar-refractivity contribution is 0.585. The lowest BCUT2D eigenvalue weighted by Gasteiger charge is -2.09. The first-order valence-corrected chi connectivity index (χ1v) is 6.46. The fraction of sp³-hybridized carbons (Fsp3) is 0.625. The van der Waals surface area contributed by atoms with Crippen LogP contribution in [-0.4, -0.2) is 24.2 Å². The normalized spacial score (nSPS) is 16.4. The maximum Gasteiger partial charge on any atom is 0.300 e. The fourth-order valence-electron chi connectivity index (χ4n) is 1.37. The van der Waals surface area contributed by atoms with E-state index in [4.69, 9.17) is 5.73 Å². The van der Waals surface area contributed by atoms with Crippen molar-refractivity contribution in [3.63, 3.8) is 0 Å². The Balaban J connectivity index is 2.19. The SMILES string of the molecule is Cc1nn(C)c(NS(=O)(=O)NC2CC2)c1N. The fourth-order valence-corrected chi connectivity index (χ4v) is 2.60. The van der Waals surface area contributed by atoms with Crippen LogP contribution >= 0.6 is 0 Å². The van der Waals surface area contributed by atoms with Crippen LogP contribution in [-0.2, 0) is 17.3 Å². The van der Waals surface area contributed by atoms with Crippen LogP contribution in [0.3, 0.4) is 0 Å². The van der Waals surface area contributed by atoms with Crippen molar-refractivity contribution in [3.8, 4) is 0 Å². The summed E-state index contributed by atoms with van der Waals surface area (Å²) in [7, 11) is -1.91. The molecule has 2 rings (SSSR count). The second-order valence-corrected chi connectivity index (χ2v) is 5.42. The van der Waals surface area contributed by atoms with Gasteiger partial charge in [0, 0.05) is 13.1 Å². The Morgan fingerprint density at radius 3 is 2.56 bits per heavy atom. The third-order valence-electron chi connectivity index (χ3n) is 2.40. The first-order chi connectivity index (χ1) is 7.39. The number of nitrogen functional groups attached to an aromatic ring is 1.